The Balaban J connectivity index is 1.65. The van der Waals surface area contributed by atoms with Crippen molar-refractivity contribution in [3.63, 3.8) is 0 Å². The third-order valence-electron chi connectivity index (χ3n) is 6.56. The zero-order valence-corrected chi connectivity index (χ0v) is 20.4. The molecule has 1 atom stereocenters. The molecule has 1 unspecified atom stereocenters. The first-order valence-corrected chi connectivity index (χ1v) is 14.3. The summed E-state index contributed by atoms with van der Waals surface area (Å²) in [7, 11) is -1.86. The van der Waals surface area contributed by atoms with E-state index in [0.29, 0.717) is 0 Å². The van der Waals surface area contributed by atoms with Crippen LogP contribution < -0.4 is 0 Å². The van der Waals surface area contributed by atoms with Crippen molar-refractivity contribution in [2.24, 2.45) is 0 Å². The molecule has 0 saturated carbocycles. The van der Waals surface area contributed by atoms with E-state index in [2.05, 4.69) is 57.0 Å². The molecule has 0 saturated heterocycles. The molecule has 1 aliphatic carbocycles. The average Bonchev–Trinajstić information content (AvgIpc) is 3.35. The molecule has 2 aromatic carbocycles. The molecule has 0 aliphatic heterocycles. The molecule has 0 amide bonds. The summed E-state index contributed by atoms with van der Waals surface area (Å²) in [5.41, 5.74) is 4.65. The molecule has 4 rings (SSSR count). The van der Waals surface area contributed by atoms with E-state index < -0.39 is 14.1 Å². The number of rotatable bonds is 4. The highest BCUT2D eigenvalue weighted by molar-refractivity contribution is 7.18. The van der Waals surface area contributed by atoms with E-state index in [9.17, 15) is 4.39 Å². The number of nitrogens with zero attached hydrogens (tertiary/aromatic N) is 2. The predicted molar refractivity (Wildman–Crippen MR) is 127 cm³/mol. The molecule has 0 N–H and O–H groups in total. The van der Waals surface area contributed by atoms with Crippen LogP contribution in [-0.2, 0) is 10.8 Å². The average molecular weight is 451 g/mol. The summed E-state index contributed by atoms with van der Waals surface area (Å²) in [6, 6.07) is 12.9. The van der Waals surface area contributed by atoms with Gasteiger partial charge in [0.2, 0.25) is 0 Å². The summed E-state index contributed by atoms with van der Waals surface area (Å²) < 4.78 is 20.4. The summed E-state index contributed by atoms with van der Waals surface area (Å²) in [6.07, 6.45) is 4.03. The molecule has 0 spiro atoms. The van der Waals surface area contributed by atoms with E-state index in [0.717, 1.165) is 28.3 Å². The number of nitriles is 1. The van der Waals surface area contributed by atoms with Crippen LogP contribution in [0, 0.1) is 17.1 Å². The molecule has 0 fully saturated rings. The van der Waals surface area contributed by atoms with Crippen molar-refractivity contribution in [1.29, 1.82) is 5.26 Å². The Bertz CT molecular complexity index is 1170. The second kappa shape index (κ2) is 7.98. The van der Waals surface area contributed by atoms with E-state index in [1.807, 2.05) is 12.3 Å². The highest BCUT2D eigenvalue weighted by atomic mass is 32.1. The Morgan fingerprint density at radius 1 is 1.23 bits per heavy atom. The van der Waals surface area contributed by atoms with Gasteiger partial charge in [-0.2, -0.15) is 5.26 Å². The van der Waals surface area contributed by atoms with Crippen molar-refractivity contribution in [3.8, 4) is 27.1 Å². The van der Waals surface area contributed by atoms with Crippen LogP contribution in [0.3, 0.4) is 0 Å². The van der Waals surface area contributed by atoms with Gasteiger partial charge in [-0.25, -0.2) is 9.37 Å². The number of hydrogen-bond donors (Lipinski definition) is 0. The van der Waals surface area contributed by atoms with Crippen LogP contribution in [0.2, 0.25) is 18.1 Å². The molecular formula is C25H27FN2OSSi. The summed E-state index contributed by atoms with van der Waals surface area (Å²) >= 11 is 1.57. The molecule has 31 heavy (non-hydrogen) atoms. The topological polar surface area (TPSA) is 45.9 Å². The molecule has 1 aliphatic rings. The number of thiazole rings is 1. The summed E-state index contributed by atoms with van der Waals surface area (Å²) in [5.74, 6) is -0.503. The fourth-order valence-corrected chi connectivity index (χ4v) is 6.05. The van der Waals surface area contributed by atoms with Gasteiger partial charge in [-0.15, -0.1) is 11.3 Å². The lowest BCUT2D eigenvalue weighted by Crippen LogP contribution is -2.41. The van der Waals surface area contributed by atoms with Crippen LogP contribution in [-0.4, -0.2) is 13.3 Å². The lowest BCUT2D eigenvalue weighted by Gasteiger charge is -2.38. The minimum Gasteiger partial charge on any atom is -0.410 e. The van der Waals surface area contributed by atoms with Crippen molar-refractivity contribution in [2.45, 2.75) is 57.8 Å². The van der Waals surface area contributed by atoms with Crippen LogP contribution in [0.15, 0.2) is 42.6 Å². The monoisotopic (exact) mass is 450 g/mol. The van der Waals surface area contributed by atoms with Gasteiger partial charge in [0.15, 0.2) is 8.32 Å². The van der Waals surface area contributed by atoms with Crippen LogP contribution in [0.1, 0.15) is 50.0 Å². The Labute approximate surface area is 188 Å². The summed E-state index contributed by atoms with van der Waals surface area (Å²) in [4.78, 5) is 5.65. The smallest absolute Gasteiger partial charge is 0.192 e. The van der Waals surface area contributed by atoms with E-state index in [1.54, 1.807) is 23.5 Å². The minimum atomic E-state index is -1.86. The van der Waals surface area contributed by atoms with Gasteiger partial charge in [0.1, 0.15) is 16.9 Å². The Morgan fingerprint density at radius 2 is 2.00 bits per heavy atom. The lowest BCUT2D eigenvalue weighted by molar-refractivity contribution is 0.185. The summed E-state index contributed by atoms with van der Waals surface area (Å²) in [5, 5.41) is 10.1. The highest BCUT2D eigenvalue weighted by Crippen LogP contribution is 2.46. The molecule has 1 aromatic heterocycles. The van der Waals surface area contributed by atoms with E-state index >= 15 is 0 Å². The first-order chi connectivity index (χ1) is 14.6. The molecule has 160 valence electrons. The van der Waals surface area contributed by atoms with E-state index in [4.69, 9.17) is 9.69 Å². The van der Waals surface area contributed by atoms with Gasteiger partial charge >= 0.3 is 0 Å². The van der Waals surface area contributed by atoms with Crippen molar-refractivity contribution in [1.82, 2.24) is 4.98 Å². The van der Waals surface area contributed by atoms with Gasteiger partial charge in [0, 0.05) is 11.8 Å². The fraction of sp³-hybridized carbons (Fsp3) is 0.360. The number of hydrogen-bond acceptors (Lipinski definition) is 4. The van der Waals surface area contributed by atoms with Crippen molar-refractivity contribution in [2.75, 3.05) is 0 Å². The van der Waals surface area contributed by atoms with Crippen molar-refractivity contribution < 1.29 is 8.82 Å². The van der Waals surface area contributed by atoms with Crippen LogP contribution in [0.5, 0.6) is 0 Å². The molecule has 0 radical (unpaired) electrons. The second-order valence-corrected chi connectivity index (χ2v) is 15.4. The van der Waals surface area contributed by atoms with Crippen LogP contribution in [0.25, 0.3) is 21.0 Å². The van der Waals surface area contributed by atoms with Crippen molar-refractivity contribution in [3.05, 3.63) is 65.1 Å². The Morgan fingerprint density at radius 3 is 2.71 bits per heavy atom. The predicted octanol–water partition coefficient (Wildman–Crippen LogP) is 7.50. The SMILES string of the molecule is CC(C)(C)[Si](C)(C)OC1CCc2c(-c3cnc(-c4ccc(F)c(C#N)c4)s3)cccc21. The minimum absolute atomic E-state index is 0.0421. The molecule has 3 nitrogen and oxygen atoms in total. The quantitative estimate of drug-likeness (QED) is 0.387. The van der Waals surface area contributed by atoms with Crippen LogP contribution in [0.4, 0.5) is 4.39 Å². The maximum Gasteiger partial charge on any atom is 0.192 e. The van der Waals surface area contributed by atoms with Gasteiger partial charge < -0.3 is 4.43 Å². The molecule has 3 aromatic rings. The van der Waals surface area contributed by atoms with Gasteiger partial charge in [0.05, 0.1) is 16.5 Å². The van der Waals surface area contributed by atoms with Gasteiger partial charge in [-0.1, -0.05) is 39.0 Å². The first-order valence-electron chi connectivity index (χ1n) is 10.6. The number of fused-ring (bicyclic) bond motifs is 1. The fourth-order valence-electron chi connectivity index (χ4n) is 3.78. The van der Waals surface area contributed by atoms with Gasteiger partial charge in [0.25, 0.3) is 0 Å². The third-order valence-corrected chi connectivity index (χ3v) is 12.1. The molecule has 6 heteroatoms. The van der Waals surface area contributed by atoms with E-state index in [1.165, 1.54) is 22.8 Å². The van der Waals surface area contributed by atoms with Gasteiger partial charge in [-0.3, -0.25) is 0 Å². The largest absolute Gasteiger partial charge is 0.410 e. The second-order valence-electron chi connectivity index (χ2n) is 9.61. The Kier molecular flexibility index (Phi) is 5.63. The summed E-state index contributed by atoms with van der Waals surface area (Å²) in [6.45, 7) is 11.4. The number of benzene rings is 2. The number of aromatic nitrogens is 1. The highest BCUT2D eigenvalue weighted by Gasteiger charge is 2.41. The zero-order chi connectivity index (χ0) is 22.4. The third kappa shape index (κ3) is 4.10. The van der Waals surface area contributed by atoms with E-state index in [-0.39, 0.29) is 16.7 Å². The molecular weight excluding hydrogens is 423 g/mol. The molecule has 1 heterocycles. The normalized spacial score (nSPS) is 16.2. The van der Waals surface area contributed by atoms with Crippen LogP contribution >= 0.6 is 11.3 Å². The standard InChI is InChI=1S/C25H27FN2OSSi/c1-25(2,3)31(4,5)29-22-12-10-18-19(22)7-6-8-20(18)23-15-28-24(30-23)16-9-11-21(26)17(13-16)14-27/h6-9,11,13,15,22H,10,12H2,1-5H3. The first kappa shape index (κ1) is 21.9. The zero-order valence-electron chi connectivity index (χ0n) is 18.6. The maximum atomic E-state index is 13.7. The Hall–Kier alpha value is -2.33. The lowest BCUT2D eigenvalue weighted by atomic mass is 10.0. The van der Waals surface area contributed by atoms with Crippen molar-refractivity contribution >= 4 is 19.7 Å². The number of halogens is 1. The van der Waals surface area contributed by atoms with Gasteiger partial charge in [-0.05, 0) is 65.9 Å². The maximum absolute atomic E-state index is 13.7. The molecule has 0 bridgehead atoms.